The van der Waals surface area contributed by atoms with Crippen molar-refractivity contribution in [3.8, 4) is 0 Å². The van der Waals surface area contributed by atoms with Crippen LogP contribution in [0.25, 0.3) is 0 Å². The van der Waals surface area contributed by atoms with E-state index in [1.165, 1.54) is 12.8 Å². The van der Waals surface area contributed by atoms with Crippen LogP contribution in [-0.2, 0) is 21.2 Å². The maximum atomic E-state index is 12.7. The van der Waals surface area contributed by atoms with Crippen molar-refractivity contribution in [2.24, 2.45) is 0 Å². The molecule has 2 saturated heterocycles. The minimum Gasteiger partial charge on any atom is -0.343 e. The largest absolute Gasteiger partial charge is 0.343 e. The minimum absolute atomic E-state index is 0.219. The third kappa shape index (κ3) is 4.86. The van der Waals surface area contributed by atoms with Gasteiger partial charge in [0.05, 0.1) is 4.90 Å². The van der Waals surface area contributed by atoms with Gasteiger partial charge in [-0.15, -0.1) is 0 Å². The maximum Gasteiger partial charge on any atom is 0.243 e. The van der Waals surface area contributed by atoms with Crippen LogP contribution in [0.15, 0.2) is 29.2 Å². The van der Waals surface area contributed by atoms with E-state index in [9.17, 15) is 13.2 Å². The standard InChI is InChI=1S/C20H30N2O3S/c23-20(21-14-4-1-2-5-15-21)13-10-18-8-11-19(12-9-18)26(24,25)22-16-6-3-7-17-22/h8-9,11-12H,1-7,10,13-17H2. The van der Waals surface area contributed by atoms with Crippen molar-refractivity contribution in [2.45, 2.75) is 62.7 Å². The molecule has 0 radical (unpaired) electrons. The summed E-state index contributed by atoms with van der Waals surface area (Å²) in [4.78, 5) is 14.7. The van der Waals surface area contributed by atoms with E-state index in [1.807, 2.05) is 17.0 Å². The van der Waals surface area contributed by atoms with Gasteiger partial charge in [0.1, 0.15) is 0 Å². The lowest BCUT2D eigenvalue weighted by Crippen LogP contribution is -2.35. The zero-order valence-corrected chi connectivity index (χ0v) is 16.3. The number of likely N-dealkylation sites (tertiary alicyclic amines) is 1. The zero-order valence-electron chi connectivity index (χ0n) is 15.5. The first-order valence-electron chi connectivity index (χ1n) is 9.94. The molecule has 6 heteroatoms. The van der Waals surface area contributed by atoms with E-state index in [0.29, 0.717) is 30.8 Å². The second-order valence-corrected chi connectivity index (χ2v) is 9.34. The second kappa shape index (κ2) is 9.00. The average Bonchev–Trinajstić information content (AvgIpc) is 2.97. The molecule has 1 amide bonds. The molecule has 144 valence electrons. The molecule has 2 fully saturated rings. The van der Waals surface area contributed by atoms with Crippen molar-refractivity contribution in [1.29, 1.82) is 0 Å². The van der Waals surface area contributed by atoms with Crippen molar-refractivity contribution in [3.05, 3.63) is 29.8 Å². The van der Waals surface area contributed by atoms with Gasteiger partial charge in [0.15, 0.2) is 0 Å². The molecule has 1 aromatic rings. The van der Waals surface area contributed by atoms with Gasteiger partial charge in [0.2, 0.25) is 15.9 Å². The summed E-state index contributed by atoms with van der Waals surface area (Å²) < 4.78 is 26.9. The molecule has 0 saturated carbocycles. The summed E-state index contributed by atoms with van der Waals surface area (Å²) in [7, 11) is -3.37. The van der Waals surface area contributed by atoms with Crippen molar-refractivity contribution in [2.75, 3.05) is 26.2 Å². The van der Waals surface area contributed by atoms with Gasteiger partial charge in [-0.25, -0.2) is 8.42 Å². The van der Waals surface area contributed by atoms with E-state index >= 15 is 0 Å². The Balaban J connectivity index is 1.56. The number of rotatable bonds is 5. The number of nitrogens with zero attached hydrogens (tertiary/aromatic N) is 2. The summed E-state index contributed by atoms with van der Waals surface area (Å²) in [6, 6.07) is 7.09. The van der Waals surface area contributed by atoms with Crippen LogP contribution in [0.5, 0.6) is 0 Å². The lowest BCUT2D eigenvalue weighted by molar-refractivity contribution is -0.131. The van der Waals surface area contributed by atoms with Gasteiger partial charge in [0, 0.05) is 32.6 Å². The molecule has 3 rings (SSSR count). The van der Waals surface area contributed by atoms with Gasteiger partial charge in [-0.3, -0.25) is 4.79 Å². The third-order valence-electron chi connectivity index (χ3n) is 5.46. The minimum atomic E-state index is -3.37. The Bertz CT molecular complexity index is 686. The Kier molecular flexibility index (Phi) is 6.70. The fourth-order valence-electron chi connectivity index (χ4n) is 3.81. The van der Waals surface area contributed by atoms with Crippen molar-refractivity contribution < 1.29 is 13.2 Å². The molecule has 5 nitrogen and oxygen atoms in total. The number of carbonyl (C=O) groups excluding carboxylic acids is 1. The van der Waals surface area contributed by atoms with E-state index in [4.69, 9.17) is 0 Å². The normalized spacial score (nSPS) is 19.9. The summed E-state index contributed by atoms with van der Waals surface area (Å²) in [5.74, 6) is 0.219. The molecule has 1 aromatic carbocycles. The van der Waals surface area contributed by atoms with Crippen LogP contribution < -0.4 is 0 Å². The number of hydrogen-bond acceptors (Lipinski definition) is 3. The summed E-state index contributed by atoms with van der Waals surface area (Å²) in [5.41, 5.74) is 1.02. The molecular formula is C20H30N2O3S. The first kappa shape index (κ1) is 19.4. The zero-order chi connectivity index (χ0) is 18.4. The molecule has 0 N–H and O–H groups in total. The smallest absolute Gasteiger partial charge is 0.243 e. The van der Waals surface area contributed by atoms with Crippen LogP contribution in [0, 0.1) is 0 Å². The molecule has 0 bridgehead atoms. The number of benzene rings is 1. The molecule has 26 heavy (non-hydrogen) atoms. The highest BCUT2D eigenvalue weighted by atomic mass is 32.2. The lowest BCUT2D eigenvalue weighted by atomic mass is 10.1. The topological polar surface area (TPSA) is 57.7 Å². The van der Waals surface area contributed by atoms with E-state index in [0.717, 1.165) is 50.8 Å². The molecule has 0 aliphatic carbocycles. The molecular weight excluding hydrogens is 348 g/mol. The van der Waals surface area contributed by atoms with Crippen LogP contribution in [0.3, 0.4) is 0 Å². The monoisotopic (exact) mass is 378 g/mol. The Labute approximate surface area is 157 Å². The Morgan fingerprint density at radius 1 is 0.808 bits per heavy atom. The van der Waals surface area contributed by atoms with Crippen LogP contribution in [-0.4, -0.2) is 49.7 Å². The van der Waals surface area contributed by atoms with Crippen LogP contribution in [0.2, 0.25) is 0 Å². The number of aryl methyl sites for hydroxylation is 1. The first-order chi connectivity index (χ1) is 12.6. The van der Waals surface area contributed by atoms with Gasteiger partial charge in [0.25, 0.3) is 0 Å². The highest BCUT2D eigenvalue weighted by Gasteiger charge is 2.25. The summed E-state index contributed by atoms with van der Waals surface area (Å²) in [6.45, 7) is 3.00. The number of sulfonamides is 1. The quantitative estimate of drug-likeness (QED) is 0.791. The number of piperidine rings is 1. The lowest BCUT2D eigenvalue weighted by Gasteiger charge is -2.25. The van der Waals surface area contributed by atoms with Gasteiger partial charge in [-0.05, 0) is 49.8 Å². The molecule has 2 aliphatic rings. The van der Waals surface area contributed by atoms with Crippen LogP contribution in [0.4, 0.5) is 0 Å². The number of amides is 1. The fraction of sp³-hybridized carbons (Fsp3) is 0.650. The Morgan fingerprint density at radius 2 is 1.35 bits per heavy atom. The molecule has 2 heterocycles. The van der Waals surface area contributed by atoms with Crippen molar-refractivity contribution >= 4 is 15.9 Å². The van der Waals surface area contributed by atoms with Crippen molar-refractivity contribution in [3.63, 3.8) is 0 Å². The Hall–Kier alpha value is -1.40. The van der Waals surface area contributed by atoms with Crippen LogP contribution >= 0.6 is 0 Å². The van der Waals surface area contributed by atoms with Crippen LogP contribution in [0.1, 0.15) is 56.9 Å². The summed E-state index contributed by atoms with van der Waals surface area (Å²) in [6.07, 6.45) is 8.80. The molecule has 0 spiro atoms. The second-order valence-electron chi connectivity index (χ2n) is 7.40. The Morgan fingerprint density at radius 3 is 1.96 bits per heavy atom. The number of carbonyl (C=O) groups is 1. The summed E-state index contributed by atoms with van der Waals surface area (Å²) in [5, 5.41) is 0. The first-order valence-corrected chi connectivity index (χ1v) is 11.4. The van der Waals surface area contributed by atoms with E-state index in [1.54, 1.807) is 16.4 Å². The molecule has 0 atom stereocenters. The predicted molar refractivity (Wildman–Crippen MR) is 102 cm³/mol. The molecule has 0 unspecified atom stereocenters. The fourth-order valence-corrected chi connectivity index (χ4v) is 5.33. The maximum absolute atomic E-state index is 12.7. The van der Waals surface area contributed by atoms with Gasteiger partial charge in [-0.1, -0.05) is 31.4 Å². The SMILES string of the molecule is O=C(CCc1ccc(S(=O)(=O)N2CCCCC2)cc1)N1CCCCCC1. The van der Waals surface area contributed by atoms with E-state index in [2.05, 4.69) is 0 Å². The van der Waals surface area contributed by atoms with Gasteiger partial charge >= 0.3 is 0 Å². The highest BCUT2D eigenvalue weighted by molar-refractivity contribution is 7.89. The van der Waals surface area contributed by atoms with Gasteiger partial charge in [-0.2, -0.15) is 4.31 Å². The third-order valence-corrected chi connectivity index (χ3v) is 7.38. The molecule has 0 aromatic heterocycles. The average molecular weight is 379 g/mol. The number of hydrogen-bond donors (Lipinski definition) is 0. The van der Waals surface area contributed by atoms with Crippen molar-refractivity contribution in [1.82, 2.24) is 9.21 Å². The highest BCUT2D eigenvalue weighted by Crippen LogP contribution is 2.21. The van der Waals surface area contributed by atoms with E-state index in [-0.39, 0.29) is 5.91 Å². The predicted octanol–water partition coefficient (Wildman–Crippen LogP) is 3.20. The van der Waals surface area contributed by atoms with Gasteiger partial charge < -0.3 is 4.90 Å². The summed E-state index contributed by atoms with van der Waals surface area (Å²) >= 11 is 0. The molecule has 2 aliphatic heterocycles. The van der Waals surface area contributed by atoms with E-state index < -0.39 is 10.0 Å².